The van der Waals surface area contributed by atoms with Crippen molar-refractivity contribution < 1.29 is 13.2 Å². The quantitative estimate of drug-likeness (QED) is 0.870. The molecule has 0 bridgehead atoms. The summed E-state index contributed by atoms with van der Waals surface area (Å²) < 4.78 is 39.3. The fourth-order valence-electron chi connectivity index (χ4n) is 1.96. The summed E-state index contributed by atoms with van der Waals surface area (Å²) in [6.07, 6.45) is -4.38. The normalized spacial score (nSPS) is 11.7. The van der Waals surface area contributed by atoms with Crippen LogP contribution in [0.5, 0.6) is 0 Å². The molecule has 0 aliphatic carbocycles. The Morgan fingerprint density at radius 3 is 2.33 bits per heavy atom. The lowest BCUT2D eigenvalue weighted by Gasteiger charge is -2.10. The van der Waals surface area contributed by atoms with Gasteiger partial charge in [0.2, 0.25) is 0 Å². The standard InChI is InChI=1S/C14H13F3N4/c1-9(2)8-21-13(12(7-18)19-20-21)10-3-5-11(6-4-10)14(15,16)17/h3-6,9H,8H2,1-2H3. The fraction of sp³-hybridized carbons (Fsp3) is 0.357. The van der Waals surface area contributed by atoms with Crippen LogP contribution in [0.3, 0.4) is 0 Å². The second kappa shape index (κ2) is 5.56. The molecule has 2 aromatic rings. The summed E-state index contributed by atoms with van der Waals surface area (Å²) >= 11 is 0. The predicted molar refractivity (Wildman–Crippen MR) is 70.0 cm³/mol. The minimum atomic E-state index is -4.38. The SMILES string of the molecule is CC(C)Cn1nnc(C#N)c1-c1ccc(C(F)(F)F)cc1. The van der Waals surface area contributed by atoms with E-state index in [2.05, 4.69) is 10.3 Å². The molecular weight excluding hydrogens is 281 g/mol. The van der Waals surface area contributed by atoms with Crippen molar-refractivity contribution in [1.82, 2.24) is 15.0 Å². The minimum absolute atomic E-state index is 0.107. The molecule has 21 heavy (non-hydrogen) atoms. The van der Waals surface area contributed by atoms with Gasteiger partial charge in [0.25, 0.3) is 0 Å². The Balaban J connectivity index is 2.46. The van der Waals surface area contributed by atoms with Crippen LogP contribution in [0.4, 0.5) is 13.2 Å². The number of rotatable bonds is 3. The molecule has 0 aliphatic rings. The van der Waals surface area contributed by atoms with Crippen LogP contribution in [0, 0.1) is 17.2 Å². The van der Waals surface area contributed by atoms with Crippen LogP contribution in [0.2, 0.25) is 0 Å². The van der Waals surface area contributed by atoms with E-state index in [9.17, 15) is 13.2 Å². The molecule has 1 aromatic carbocycles. The zero-order valence-corrected chi connectivity index (χ0v) is 11.5. The molecule has 110 valence electrons. The summed E-state index contributed by atoms with van der Waals surface area (Å²) in [7, 11) is 0. The lowest BCUT2D eigenvalue weighted by molar-refractivity contribution is -0.137. The monoisotopic (exact) mass is 294 g/mol. The minimum Gasteiger partial charge on any atom is -0.243 e. The number of nitrogens with zero attached hydrogens (tertiary/aromatic N) is 4. The van der Waals surface area contributed by atoms with Crippen LogP contribution in [0.15, 0.2) is 24.3 Å². The Hall–Kier alpha value is -2.36. The van der Waals surface area contributed by atoms with E-state index in [1.165, 1.54) is 12.1 Å². The Morgan fingerprint density at radius 1 is 1.24 bits per heavy atom. The van der Waals surface area contributed by atoms with Crippen LogP contribution in [-0.2, 0) is 12.7 Å². The van der Waals surface area contributed by atoms with Crippen LogP contribution in [-0.4, -0.2) is 15.0 Å². The van der Waals surface area contributed by atoms with E-state index in [0.29, 0.717) is 17.8 Å². The summed E-state index contributed by atoms with van der Waals surface area (Å²) in [4.78, 5) is 0. The average molecular weight is 294 g/mol. The van der Waals surface area contributed by atoms with Gasteiger partial charge in [-0.15, -0.1) is 5.10 Å². The maximum atomic E-state index is 12.6. The number of halogens is 3. The second-order valence-electron chi connectivity index (χ2n) is 5.05. The van der Waals surface area contributed by atoms with E-state index in [4.69, 9.17) is 5.26 Å². The molecular formula is C14H13F3N4. The van der Waals surface area contributed by atoms with Crippen LogP contribution >= 0.6 is 0 Å². The number of hydrogen-bond donors (Lipinski definition) is 0. The van der Waals surface area contributed by atoms with Crippen molar-refractivity contribution in [3.05, 3.63) is 35.5 Å². The van der Waals surface area contributed by atoms with E-state index >= 15 is 0 Å². The van der Waals surface area contributed by atoms with Crippen LogP contribution in [0.1, 0.15) is 25.1 Å². The Labute approximate surface area is 119 Å². The van der Waals surface area contributed by atoms with Crippen molar-refractivity contribution in [2.75, 3.05) is 0 Å². The van der Waals surface area contributed by atoms with Gasteiger partial charge >= 0.3 is 6.18 Å². The van der Waals surface area contributed by atoms with Gasteiger partial charge in [-0.3, -0.25) is 0 Å². The van der Waals surface area contributed by atoms with Crippen molar-refractivity contribution in [3.8, 4) is 17.3 Å². The largest absolute Gasteiger partial charge is 0.416 e. The van der Waals surface area contributed by atoms with Gasteiger partial charge in [0.05, 0.1) is 5.56 Å². The second-order valence-corrected chi connectivity index (χ2v) is 5.05. The van der Waals surface area contributed by atoms with Gasteiger partial charge in [-0.05, 0) is 18.1 Å². The zero-order chi connectivity index (χ0) is 15.6. The maximum absolute atomic E-state index is 12.6. The first-order valence-corrected chi connectivity index (χ1v) is 6.34. The van der Waals surface area contributed by atoms with Gasteiger partial charge in [-0.1, -0.05) is 31.2 Å². The van der Waals surface area contributed by atoms with Crippen molar-refractivity contribution >= 4 is 0 Å². The summed E-state index contributed by atoms with van der Waals surface area (Å²) in [5, 5.41) is 16.7. The van der Waals surface area contributed by atoms with Gasteiger partial charge < -0.3 is 0 Å². The Kier molecular flexibility index (Phi) is 3.98. The molecule has 0 saturated carbocycles. The van der Waals surface area contributed by atoms with Gasteiger partial charge in [0, 0.05) is 12.1 Å². The average Bonchev–Trinajstić information content (AvgIpc) is 2.80. The molecule has 1 heterocycles. The van der Waals surface area contributed by atoms with Crippen molar-refractivity contribution in [3.63, 3.8) is 0 Å². The molecule has 0 aliphatic heterocycles. The van der Waals surface area contributed by atoms with E-state index in [1.807, 2.05) is 19.9 Å². The molecule has 0 radical (unpaired) electrons. The molecule has 2 rings (SSSR count). The third-order valence-corrected chi connectivity index (χ3v) is 2.86. The molecule has 0 N–H and O–H groups in total. The first-order valence-electron chi connectivity index (χ1n) is 6.34. The first kappa shape index (κ1) is 15.0. The van der Waals surface area contributed by atoms with Crippen molar-refractivity contribution in [1.29, 1.82) is 5.26 Å². The highest BCUT2D eigenvalue weighted by Gasteiger charge is 2.30. The van der Waals surface area contributed by atoms with Gasteiger partial charge in [-0.2, -0.15) is 18.4 Å². The highest BCUT2D eigenvalue weighted by atomic mass is 19.4. The number of benzene rings is 1. The molecule has 0 spiro atoms. The van der Waals surface area contributed by atoms with Gasteiger partial charge in [0.1, 0.15) is 11.8 Å². The molecule has 1 aromatic heterocycles. The highest BCUT2D eigenvalue weighted by Crippen LogP contribution is 2.31. The number of hydrogen-bond acceptors (Lipinski definition) is 3. The topological polar surface area (TPSA) is 54.5 Å². The lowest BCUT2D eigenvalue weighted by Crippen LogP contribution is -2.08. The van der Waals surface area contributed by atoms with E-state index in [1.54, 1.807) is 4.68 Å². The molecule has 7 heteroatoms. The summed E-state index contributed by atoms with van der Waals surface area (Å²) in [6, 6.07) is 6.56. The van der Waals surface area contributed by atoms with Gasteiger partial charge in [0.15, 0.2) is 5.69 Å². The number of alkyl halides is 3. The highest BCUT2D eigenvalue weighted by molar-refractivity contribution is 5.65. The molecule has 4 nitrogen and oxygen atoms in total. The van der Waals surface area contributed by atoms with Crippen LogP contribution < -0.4 is 0 Å². The fourth-order valence-corrected chi connectivity index (χ4v) is 1.96. The van der Waals surface area contributed by atoms with Crippen LogP contribution in [0.25, 0.3) is 11.3 Å². The summed E-state index contributed by atoms with van der Waals surface area (Å²) in [6.45, 7) is 4.49. The summed E-state index contributed by atoms with van der Waals surface area (Å²) in [5.74, 6) is 0.270. The third kappa shape index (κ3) is 3.21. The van der Waals surface area contributed by atoms with Gasteiger partial charge in [-0.25, -0.2) is 4.68 Å². The predicted octanol–water partition coefficient (Wildman–Crippen LogP) is 3.49. The summed E-state index contributed by atoms with van der Waals surface area (Å²) in [5.41, 5.74) is 0.313. The smallest absolute Gasteiger partial charge is 0.243 e. The van der Waals surface area contributed by atoms with Crippen molar-refractivity contribution in [2.24, 2.45) is 5.92 Å². The van der Waals surface area contributed by atoms with E-state index in [-0.39, 0.29) is 11.6 Å². The van der Waals surface area contributed by atoms with E-state index < -0.39 is 11.7 Å². The molecule has 0 fully saturated rings. The molecule has 0 amide bonds. The molecule has 0 atom stereocenters. The van der Waals surface area contributed by atoms with Crippen molar-refractivity contribution in [2.45, 2.75) is 26.6 Å². The molecule has 0 unspecified atom stereocenters. The maximum Gasteiger partial charge on any atom is 0.416 e. The number of aromatic nitrogens is 3. The van der Waals surface area contributed by atoms with E-state index in [0.717, 1.165) is 12.1 Å². The third-order valence-electron chi connectivity index (χ3n) is 2.86. The lowest BCUT2D eigenvalue weighted by atomic mass is 10.1. The first-order chi connectivity index (χ1) is 9.82. The zero-order valence-electron chi connectivity index (χ0n) is 11.5. The Morgan fingerprint density at radius 2 is 1.86 bits per heavy atom. The molecule has 0 saturated heterocycles. The Bertz CT molecular complexity index is 663. The number of nitriles is 1.